The molecule has 1 aromatic heterocycles. The van der Waals surface area contributed by atoms with Crippen LogP contribution >= 0.6 is 0 Å². The van der Waals surface area contributed by atoms with Crippen LogP contribution in [-0.4, -0.2) is 16.0 Å². The van der Waals surface area contributed by atoms with Crippen molar-refractivity contribution < 1.29 is 0 Å². The summed E-state index contributed by atoms with van der Waals surface area (Å²) in [6.45, 7) is 2.11. The molecule has 0 radical (unpaired) electrons. The van der Waals surface area contributed by atoms with Crippen molar-refractivity contribution in [2.24, 2.45) is 29.5 Å². The molecule has 0 amide bonds. The van der Waals surface area contributed by atoms with Gasteiger partial charge in [0, 0.05) is 11.6 Å². The molecule has 0 spiro atoms. The third-order valence-electron chi connectivity index (χ3n) is 5.47. The van der Waals surface area contributed by atoms with Crippen LogP contribution in [0, 0.1) is 23.7 Å². The molecule has 5 heteroatoms. The average Bonchev–Trinajstić information content (AvgIpc) is 2.85. The first-order valence-electron chi connectivity index (χ1n) is 7.40. The minimum atomic E-state index is 0.650. The van der Waals surface area contributed by atoms with E-state index in [0.29, 0.717) is 6.04 Å². The number of nitrogens with two attached hydrogens (primary N) is 1. The highest BCUT2D eigenvalue weighted by Crippen LogP contribution is 2.66. The van der Waals surface area contributed by atoms with Crippen molar-refractivity contribution in [1.29, 1.82) is 0 Å². The largest absolute Gasteiger partial charge is 0.366 e. The monoisotopic (exact) mass is 259 g/mol. The van der Waals surface area contributed by atoms with Gasteiger partial charge in [-0.25, -0.2) is 15.8 Å². The number of nitrogens with one attached hydrogen (secondary N) is 2. The highest BCUT2D eigenvalue weighted by Gasteiger charge is 2.65. The van der Waals surface area contributed by atoms with Gasteiger partial charge in [-0.2, -0.15) is 0 Å². The fraction of sp³-hybridized carbons (Fsp3) is 0.714. The molecule has 5 nitrogen and oxygen atoms in total. The summed E-state index contributed by atoms with van der Waals surface area (Å²) in [4.78, 5) is 8.60. The normalized spacial score (nSPS) is 38.1. The van der Waals surface area contributed by atoms with Gasteiger partial charge in [-0.05, 0) is 49.4 Å². The third kappa shape index (κ3) is 1.57. The summed E-state index contributed by atoms with van der Waals surface area (Å²) in [5.74, 6) is 11.0. The molecule has 19 heavy (non-hydrogen) atoms. The van der Waals surface area contributed by atoms with E-state index < -0.39 is 0 Å². The van der Waals surface area contributed by atoms with Crippen LogP contribution in [0.2, 0.25) is 0 Å². The lowest BCUT2D eigenvalue weighted by molar-refractivity contribution is 0.456. The number of hydrazine groups is 1. The lowest BCUT2D eigenvalue weighted by Crippen LogP contribution is -2.17. The topological polar surface area (TPSA) is 75.9 Å². The van der Waals surface area contributed by atoms with Gasteiger partial charge in [-0.1, -0.05) is 6.92 Å². The zero-order valence-corrected chi connectivity index (χ0v) is 11.3. The zero-order chi connectivity index (χ0) is 13.0. The number of anilines is 2. The van der Waals surface area contributed by atoms with E-state index >= 15 is 0 Å². The number of nitrogens with zero attached hydrogens (tertiary/aromatic N) is 2. The second-order valence-corrected chi connectivity index (χ2v) is 6.21. The van der Waals surface area contributed by atoms with Crippen LogP contribution in [0.5, 0.6) is 0 Å². The van der Waals surface area contributed by atoms with E-state index in [9.17, 15) is 0 Å². The Bertz CT molecular complexity index is 487. The molecule has 1 aromatic rings. The van der Waals surface area contributed by atoms with Gasteiger partial charge >= 0.3 is 0 Å². The van der Waals surface area contributed by atoms with Gasteiger partial charge in [-0.3, -0.25) is 0 Å². The van der Waals surface area contributed by atoms with E-state index in [2.05, 4.69) is 27.6 Å². The first kappa shape index (κ1) is 11.5. The molecular weight excluding hydrogens is 238 g/mol. The van der Waals surface area contributed by atoms with Crippen LogP contribution in [0.15, 0.2) is 6.33 Å². The summed E-state index contributed by atoms with van der Waals surface area (Å²) in [5, 5.41) is 3.67. The molecule has 4 N–H and O–H groups in total. The molecular formula is C14H21N5. The molecule has 0 saturated heterocycles. The van der Waals surface area contributed by atoms with Crippen molar-refractivity contribution in [1.82, 2.24) is 9.97 Å². The minimum Gasteiger partial charge on any atom is -0.366 e. The molecule has 0 aromatic carbocycles. The molecule has 4 atom stereocenters. The quantitative estimate of drug-likeness (QED) is 0.567. The van der Waals surface area contributed by atoms with Crippen LogP contribution in [-0.2, 0) is 6.42 Å². The SMILES string of the molecule is CCc1c(NN)ncnc1NC1C2C3CCC(C3)C12. The Morgan fingerprint density at radius 1 is 1.21 bits per heavy atom. The summed E-state index contributed by atoms with van der Waals surface area (Å²) in [5.41, 5.74) is 3.77. The maximum Gasteiger partial charge on any atom is 0.148 e. The summed E-state index contributed by atoms with van der Waals surface area (Å²) >= 11 is 0. The number of nitrogen functional groups attached to an aromatic ring is 1. The molecule has 0 aliphatic heterocycles. The van der Waals surface area contributed by atoms with Crippen molar-refractivity contribution in [3.8, 4) is 0 Å². The van der Waals surface area contributed by atoms with E-state index in [4.69, 9.17) is 5.84 Å². The Hall–Kier alpha value is -1.36. The van der Waals surface area contributed by atoms with Gasteiger partial charge in [0.1, 0.15) is 18.0 Å². The molecule has 3 aliphatic carbocycles. The molecule has 1 heterocycles. The van der Waals surface area contributed by atoms with Crippen LogP contribution in [0.4, 0.5) is 11.6 Å². The second-order valence-electron chi connectivity index (χ2n) is 6.21. The molecule has 4 rings (SSSR count). The number of hydrogen-bond donors (Lipinski definition) is 3. The van der Waals surface area contributed by atoms with Crippen LogP contribution in [0.1, 0.15) is 31.7 Å². The lowest BCUT2D eigenvalue weighted by Gasteiger charge is -2.15. The Morgan fingerprint density at radius 3 is 2.53 bits per heavy atom. The summed E-state index contributed by atoms with van der Waals surface area (Å²) in [7, 11) is 0. The number of fused-ring (bicyclic) bond motifs is 5. The highest BCUT2D eigenvalue weighted by atomic mass is 15.3. The van der Waals surface area contributed by atoms with Crippen LogP contribution in [0.25, 0.3) is 0 Å². The van der Waals surface area contributed by atoms with Crippen molar-refractivity contribution in [3.63, 3.8) is 0 Å². The lowest BCUT2D eigenvalue weighted by atomic mass is 10.0. The number of aromatic nitrogens is 2. The smallest absolute Gasteiger partial charge is 0.148 e. The Labute approximate surface area is 113 Å². The standard InChI is InChI=1S/C14H21N5/c1-2-9-13(16-6-17-14(9)19-15)18-12-10-7-3-4-8(5-7)11(10)12/h6-8,10-12H,2-5,15H2,1H3,(H2,16,17,18,19). The Balaban J connectivity index is 1.55. The highest BCUT2D eigenvalue weighted by molar-refractivity contribution is 5.58. The summed E-state index contributed by atoms with van der Waals surface area (Å²) < 4.78 is 0. The van der Waals surface area contributed by atoms with Crippen LogP contribution in [0.3, 0.4) is 0 Å². The molecule has 2 bridgehead atoms. The second kappa shape index (κ2) is 4.07. The predicted molar refractivity (Wildman–Crippen MR) is 74.4 cm³/mol. The van der Waals surface area contributed by atoms with E-state index in [1.807, 2.05) is 0 Å². The zero-order valence-electron chi connectivity index (χ0n) is 11.3. The molecule has 3 saturated carbocycles. The summed E-state index contributed by atoms with van der Waals surface area (Å²) in [6.07, 6.45) is 6.85. The molecule has 4 unspecified atom stereocenters. The average molecular weight is 259 g/mol. The van der Waals surface area contributed by atoms with Gasteiger partial charge in [0.05, 0.1) is 0 Å². The number of hydrogen-bond acceptors (Lipinski definition) is 5. The van der Waals surface area contributed by atoms with Crippen LogP contribution < -0.4 is 16.6 Å². The first-order valence-corrected chi connectivity index (χ1v) is 7.40. The van der Waals surface area contributed by atoms with Gasteiger partial charge in [0.2, 0.25) is 0 Å². The van der Waals surface area contributed by atoms with Crippen molar-refractivity contribution in [2.75, 3.05) is 10.7 Å². The number of rotatable bonds is 4. The Kier molecular flexibility index (Phi) is 2.45. The van der Waals surface area contributed by atoms with E-state index in [1.54, 1.807) is 6.33 Å². The maximum atomic E-state index is 5.52. The predicted octanol–water partition coefficient (Wildman–Crippen LogP) is 1.78. The maximum absolute atomic E-state index is 5.52. The fourth-order valence-electron chi connectivity index (χ4n) is 4.67. The van der Waals surface area contributed by atoms with Gasteiger partial charge in [0.25, 0.3) is 0 Å². The molecule has 102 valence electrons. The van der Waals surface area contributed by atoms with E-state index in [0.717, 1.165) is 47.3 Å². The Morgan fingerprint density at radius 2 is 1.89 bits per heavy atom. The summed E-state index contributed by atoms with van der Waals surface area (Å²) in [6, 6.07) is 0.650. The van der Waals surface area contributed by atoms with E-state index in [-0.39, 0.29) is 0 Å². The third-order valence-corrected chi connectivity index (χ3v) is 5.47. The van der Waals surface area contributed by atoms with Crippen molar-refractivity contribution in [3.05, 3.63) is 11.9 Å². The first-order chi connectivity index (χ1) is 9.33. The fourth-order valence-corrected chi connectivity index (χ4v) is 4.67. The van der Waals surface area contributed by atoms with Crippen molar-refractivity contribution >= 4 is 11.6 Å². The van der Waals surface area contributed by atoms with Gasteiger partial charge in [0.15, 0.2) is 0 Å². The van der Waals surface area contributed by atoms with Crippen molar-refractivity contribution in [2.45, 2.75) is 38.6 Å². The van der Waals surface area contributed by atoms with Gasteiger partial charge < -0.3 is 10.7 Å². The molecule has 3 aliphatic rings. The minimum absolute atomic E-state index is 0.650. The van der Waals surface area contributed by atoms with E-state index in [1.165, 1.54) is 19.3 Å². The molecule has 3 fully saturated rings. The van der Waals surface area contributed by atoms with Gasteiger partial charge in [-0.15, -0.1) is 0 Å².